The summed E-state index contributed by atoms with van der Waals surface area (Å²) in [6, 6.07) is 12.8. The fraction of sp³-hybridized carbons (Fsp3) is 0.273. The van der Waals surface area contributed by atoms with Gasteiger partial charge in [-0.1, -0.05) is 55.0 Å². The minimum Gasteiger partial charge on any atom is -0.321 e. The summed E-state index contributed by atoms with van der Waals surface area (Å²) in [6.07, 6.45) is 0. The monoisotopic (exact) mass is 443 g/mol. The van der Waals surface area contributed by atoms with Crippen LogP contribution in [0.5, 0.6) is 0 Å². The first kappa shape index (κ1) is 22.0. The van der Waals surface area contributed by atoms with Gasteiger partial charge >= 0.3 is 0 Å². The van der Waals surface area contributed by atoms with Crippen LogP contribution in [-0.4, -0.2) is 19.3 Å². The number of rotatable bonds is 6. The van der Waals surface area contributed by atoms with Crippen LogP contribution in [0.1, 0.15) is 51.8 Å². The molecule has 0 radical (unpaired) electrons. The van der Waals surface area contributed by atoms with Crippen molar-refractivity contribution in [2.24, 2.45) is 0 Å². The summed E-state index contributed by atoms with van der Waals surface area (Å²) in [7, 11) is -3.80. The molecule has 3 rings (SSSR count). The Balaban J connectivity index is 1.78. The highest BCUT2D eigenvalue weighted by molar-refractivity contribution is 7.93. The van der Waals surface area contributed by atoms with Crippen molar-refractivity contribution in [1.29, 1.82) is 0 Å². The van der Waals surface area contributed by atoms with E-state index in [1.165, 1.54) is 5.56 Å². The van der Waals surface area contributed by atoms with Crippen LogP contribution in [0.4, 0.5) is 10.8 Å². The average molecular weight is 444 g/mol. The third-order valence-electron chi connectivity index (χ3n) is 4.68. The molecule has 0 atom stereocenters. The second kappa shape index (κ2) is 8.57. The molecule has 1 amide bonds. The zero-order chi connectivity index (χ0) is 22.1. The molecule has 0 saturated heterocycles. The molecule has 6 nitrogen and oxygen atoms in total. The van der Waals surface area contributed by atoms with E-state index in [2.05, 4.69) is 28.9 Å². The molecular weight excluding hydrogens is 418 g/mol. The number of amides is 1. The van der Waals surface area contributed by atoms with E-state index in [1.54, 1.807) is 26.0 Å². The number of sulfonamides is 1. The van der Waals surface area contributed by atoms with Gasteiger partial charge in [0.1, 0.15) is 4.88 Å². The molecule has 0 aliphatic heterocycles. The Labute approximate surface area is 181 Å². The number of anilines is 2. The van der Waals surface area contributed by atoms with Gasteiger partial charge in [-0.05, 0) is 56.0 Å². The summed E-state index contributed by atoms with van der Waals surface area (Å²) in [5.74, 6) is 0.0884. The number of nitrogens with zero attached hydrogens (tertiary/aromatic N) is 1. The zero-order valence-corrected chi connectivity index (χ0v) is 19.2. The summed E-state index contributed by atoms with van der Waals surface area (Å²) in [5.41, 5.74) is 3.96. The minimum atomic E-state index is -3.80. The highest BCUT2D eigenvalue weighted by Gasteiger charge is 2.22. The number of hydrogen-bond acceptors (Lipinski definition) is 5. The van der Waals surface area contributed by atoms with Crippen molar-refractivity contribution in [3.8, 4) is 0 Å². The Bertz CT molecular complexity index is 1180. The first-order chi connectivity index (χ1) is 14.1. The molecule has 8 heteroatoms. The number of nitrogens with one attached hydrogen (secondary N) is 2. The van der Waals surface area contributed by atoms with Crippen molar-refractivity contribution in [3.63, 3.8) is 0 Å². The van der Waals surface area contributed by atoms with Crippen molar-refractivity contribution in [2.75, 3.05) is 10.0 Å². The maximum atomic E-state index is 12.8. The van der Waals surface area contributed by atoms with E-state index in [-0.39, 0.29) is 15.9 Å². The summed E-state index contributed by atoms with van der Waals surface area (Å²) in [5, 5.41) is 3.00. The SMILES string of the molecule is Cc1ccc(S(=O)(=O)Nc2nc(C)c(C(=O)Nc3ccc(C(C)C)cc3)s2)c(C)c1. The third kappa shape index (κ3) is 4.88. The van der Waals surface area contributed by atoms with Crippen LogP contribution in [0.15, 0.2) is 47.4 Å². The Morgan fingerprint density at radius 3 is 2.30 bits per heavy atom. The molecular formula is C22H25N3O3S2. The largest absolute Gasteiger partial charge is 0.321 e. The first-order valence-electron chi connectivity index (χ1n) is 9.55. The van der Waals surface area contributed by atoms with Gasteiger partial charge < -0.3 is 5.32 Å². The fourth-order valence-corrected chi connectivity index (χ4v) is 5.39. The summed E-state index contributed by atoms with van der Waals surface area (Å²) < 4.78 is 28.0. The van der Waals surface area contributed by atoms with Crippen molar-refractivity contribution in [2.45, 2.75) is 45.4 Å². The lowest BCUT2D eigenvalue weighted by Gasteiger charge is -2.09. The van der Waals surface area contributed by atoms with Gasteiger partial charge in [0.2, 0.25) is 0 Å². The number of carbonyl (C=O) groups is 1. The average Bonchev–Trinajstić information content (AvgIpc) is 3.01. The van der Waals surface area contributed by atoms with Gasteiger partial charge in [0.15, 0.2) is 5.13 Å². The lowest BCUT2D eigenvalue weighted by atomic mass is 10.0. The normalized spacial score (nSPS) is 11.5. The van der Waals surface area contributed by atoms with Crippen LogP contribution >= 0.6 is 11.3 Å². The number of thiazole rings is 1. The highest BCUT2D eigenvalue weighted by Crippen LogP contribution is 2.27. The van der Waals surface area contributed by atoms with E-state index in [4.69, 9.17) is 0 Å². The van der Waals surface area contributed by atoms with Crippen molar-refractivity contribution in [1.82, 2.24) is 4.98 Å². The summed E-state index contributed by atoms with van der Waals surface area (Å²) in [6.45, 7) is 9.55. The Kier molecular flexibility index (Phi) is 6.28. The molecule has 0 spiro atoms. The smallest absolute Gasteiger partial charge is 0.267 e. The van der Waals surface area contributed by atoms with E-state index in [9.17, 15) is 13.2 Å². The Hall–Kier alpha value is -2.71. The van der Waals surface area contributed by atoms with Crippen LogP contribution in [0.25, 0.3) is 0 Å². The van der Waals surface area contributed by atoms with Gasteiger partial charge in [-0.25, -0.2) is 13.4 Å². The molecule has 30 heavy (non-hydrogen) atoms. The summed E-state index contributed by atoms with van der Waals surface area (Å²) >= 11 is 1.01. The van der Waals surface area contributed by atoms with Crippen LogP contribution < -0.4 is 10.0 Å². The summed E-state index contributed by atoms with van der Waals surface area (Å²) in [4.78, 5) is 17.5. The van der Waals surface area contributed by atoms with Crippen LogP contribution in [0, 0.1) is 20.8 Å². The fourth-order valence-electron chi connectivity index (χ4n) is 3.06. The second-order valence-corrected chi connectivity index (χ2v) is 10.2. The topological polar surface area (TPSA) is 88.2 Å². The van der Waals surface area contributed by atoms with Gasteiger partial charge in [-0.3, -0.25) is 9.52 Å². The molecule has 0 aliphatic carbocycles. The second-order valence-electron chi connectivity index (χ2n) is 7.54. The molecule has 0 aliphatic rings. The van der Waals surface area contributed by atoms with Gasteiger partial charge in [0.25, 0.3) is 15.9 Å². The number of hydrogen-bond donors (Lipinski definition) is 2. The Morgan fingerprint density at radius 1 is 1.03 bits per heavy atom. The third-order valence-corrected chi connectivity index (χ3v) is 7.38. The highest BCUT2D eigenvalue weighted by atomic mass is 32.2. The van der Waals surface area contributed by atoms with Crippen LogP contribution in [0.2, 0.25) is 0 Å². The van der Waals surface area contributed by atoms with Crippen LogP contribution in [-0.2, 0) is 10.0 Å². The lowest BCUT2D eigenvalue weighted by molar-refractivity contribution is 0.103. The Morgan fingerprint density at radius 2 is 1.70 bits per heavy atom. The molecule has 0 unspecified atom stereocenters. The molecule has 2 aromatic carbocycles. The maximum Gasteiger partial charge on any atom is 0.267 e. The molecule has 1 heterocycles. The van der Waals surface area contributed by atoms with Crippen molar-refractivity contribution >= 4 is 38.1 Å². The maximum absolute atomic E-state index is 12.8. The first-order valence-corrected chi connectivity index (χ1v) is 11.9. The van der Waals surface area contributed by atoms with E-state index >= 15 is 0 Å². The molecule has 3 aromatic rings. The van der Waals surface area contributed by atoms with E-state index < -0.39 is 10.0 Å². The predicted molar refractivity (Wildman–Crippen MR) is 122 cm³/mol. The number of aromatic nitrogens is 1. The number of carbonyl (C=O) groups excluding carboxylic acids is 1. The molecule has 0 fully saturated rings. The van der Waals surface area contributed by atoms with Gasteiger partial charge in [-0.2, -0.15) is 0 Å². The minimum absolute atomic E-state index is 0.160. The molecule has 158 valence electrons. The van der Waals surface area contributed by atoms with E-state index in [1.807, 2.05) is 37.3 Å². The van der Waals surface area contributed by atoms with E-state index in [0.29, 0.717) is 27.7 Å². The quantitative estimate of drug-likeness (QED) is 0.545. The van der Waals surface area contributed by atoms with Crippen molar-refractivity contribution < 1.29 is 13.2 Å². The number of benzene rings is 2. The molecule has 0 bridgehead atoms. The molecule has 0 saturated carbocycles. The van der Waals surface area contributed by atoms with Crippen molar-refractivity contribution in [3.05, 3.63) is 69.7 Å². The van der Waals surface area contributed by atoms with E-state index in [0.717, 1.165) is 16.9 Å². The lowest BCUT2D eigenvalue weighted by Crippen LogP contribution is -2.14. The molecule has 2 N–H and O–H groups in total. The van der Waals surface area contributed by atoms with Gasteiger partial charge in [0.05, 0.1) is 10.6 Å². The number of aryl methyl sites for hydroxylation is 3. The van der Waals surface area contributed by atoms with Gasteiger partial charge in [0, 0.05) is 5.69 Å². The standard InChI is InChI=1S/C22H25N3O3S2/c1-13(2)17-7-9-18(10-8-17)24-21(26)20-16(5)23-22(29-20)25-30(27,28)19-11-6-14(3)12-15(19)4/h6-13H,1-5H3,(H,23,25)(H,24,26). The predicted octanol–water partition coefficient (Wildman–Crippen LogP) is 5.24. The molecule has 1 aromatic heterocycles. The van der Waals surface area contributed by atoms with Crippen LogP contribution in [0.3, 0.4) is 0 Å². The zero-order valence-electron chi connectivity index (χ0n) is 17.6. The van der Waals surface area contributed by atoms with Gasteiger partial charge in [-0.15, -0.1) is 0 Å².